The van der Waals surface area contributed by atoms with Crippen LogP contribution in [0.4, 0.5) is 0 Å². The van der Waals surface area contributed by atoms with E-state index in [0.29, 0.717) is 36.9 Å². The summed E-state index contributed by atoms with van der Waals surface area (Å²) in [6.45, 7) is 4.91. The van der Waals surface area contributed by atoms with Gasteiger partial charge < -0.3 is 14.2 Å². The lowest BCUT2D eigenvalue weighted by Crippen LogP contribution is -2.08. The van der Waals surface area contributed by atoms with Crippen molar-refractivity contribution in [3.8, 4) is 11.5 Å². The molecule has 3 aromatic rings. The molecule has 140 valence electrons. The molecule has 0 spiro atoms. The van der Waals surface area contributed by atoms with E-state index >= 15 is 0 Å². The van der Waals surface area contributed by atoms with Crippen LogP contribution in [-0.4, -0.2) is 19.2 Å². The summed E-state index contributed by atoms with van der Waals surface area (Å²) in [5.41, 5.74) is 1.56. The highest BCUT2D eigenvalue weighted by molar-refractivity contribution is 14.1. The number of benzene rings is 3. The van der Waals surface area contributed by atoms with Crippen LogP contribution in [0.15, 0.2) is 54.6 Å². The van der Waals surface area contributed by atoms with Crippen molar-refractivity contribution in [1.29, 1.82) is 0 Å². The third-order valence-electron chi connectivity index (χ3n) is 4.07. The van der Waals surface area contributed by atoms with Crippen LogP contribution < -0.4 is 9.47 Å². The summed E-state index contributed by atoms with van der Waals surface area (Å²) < 4.78 is 17.8. The van der Waals surface area contributed by atoms with Gasteiger partial charge in [0.1, 0.15) is 6.61 Å². The number of hydrogen-bond acceptors (Lipinski definition) is 4. The molecule has 0 aromatic heterocycles. The number of fused-ring (bicyclic) bond motifs is 1. The molecule has 0 radical (unpaired) electrons. The van der Waals surface area contributed by atoms with Gasteiger partial charge in [0.25, 0.3) is 0 Å². The summed E-state index contributed by atoms with van der Waals surface area (Å²) in [4.78, 5) is 12.1. The maximum absolute atomic E-state index is 12.1. The molecule has 3 rings (SSSR count). The summed E-state index contributed by atoms with van der Waals surface area (Å²) >= 11 is 2.16. The van der Waals surface area contributed by atoms with E-state index in [2.05, 4.69) is 46.9 Å². The van der Waals surface area contributed by atoms with Crippen molar-refractivity contribution in [2.45, 2.75) is 20.5 Å². The molecule has 0 saturated carbocycles. The predicted molar refractivity (Wildman–Crippen MR) is 115 cm³/mol. The number of halogens is 1. The van der Waals surface area contributed by atoms with Crippen LogP contribution in [0.5, 0.6) is 11.5 Å². The van der Waals surface area contributed by atoms with E-state index in [9.17, 15) is 4.79 Å². The van der Waals surface area contributed by atoms with E-state index < -0.39 is 0 Å². The Morgan fingerprint density at radius 2 is 1.74 bits per heavy atom. The topological polar surface area (TPSA) is 44.8 Å². The van der Waals surface area contributed by atoms with Crippen LogP contribution in [0, 0.1) is 3.57 Å². The van der Waals surface area contributed by atoms with Gasteiger partial charge in [0, 0.05) is 0 Å². The average Bonchev–Trinajstić information content (AvgIpc) is 2.67. The second-order valence-corrected chi connectivity index (χ2v) is 7.03. The fourth-order valence-corrected chi connectivity index (χ4v) is 3.63. The van der Waals surface area contributed by atoms with E-state index in [-0.39, 0.29) is 5.97 Å². The number of rotatable bonds is 7. The molecule has 0 fully saturated rings. The minimum absolute atomic E-state index is 0.332. The SMILES string of the molecule is CCOC(=O)c1cc(I)c(OCc2cccc3ccccc23)c(OCC)c1. The second-order valence-electron chi connectivity index (χ2n) is 5.87. The highest BCUT2D eigenvalue weighted by Gasteiger charge is 2.17. The summed E-state index contributed by atoms with van der Waals surface area (Å²) in [6, 6.07) is 17.8. The van der Waals surface area contributed by atoms with Crippen molar-refractivity contribution in [3.63, 3.8) is 0 Å². The zero-order valence-corrected chi connectivity index (χ0v) is 17.5. The smallest absolute Gasteiger partial charge is 0.338 e. The van der Waals surface area contributed by atoms with Gasteiger partial charge in [0.2, 0.25) is 0 Å². The molecule has 0 heterocycles. The fraction of sp³-hybridized carbons (Fsp3) is 0.227. The van der Waals surface area contributed by atoms with E-state index in [4.69, 9.17) is 14.2 Å². The maximum atomic E-state index is 12.1. The molecule has 27 heavy (non-hydrogen) atoms. The summed E-state index contributed by atoms with van der Waals surface area (Å²) in [6.07, 6.45) is 0. The highest BCUT2D eigenvalue weighted by atomic mass is 127. The molecule has 0 aliphatic carbocycles. The van der Waals surface area contributed by atoms with Crippen molar-refractivity contribution in [2.75, 3.05) is 13.2 Å². The summed E-state index contributed by atoms with van der Waals surface area (Å²) in [7, 11) is 0. The first kappa shape index (κ1) is 19.5. The Labute approximate surface area is 172 Å². The van der Waals surface area contributed by atoms with E-state index in [1.165, 1.54) is 5.39 Å². The molecule has 3 aromatic carbocycles. The summed E-state index contributed by atoms with van der Waals surface area (Å²) in [5.74, 6) is 0.822. The van der Waals surface area contributed by atoms with Gasteiger partial charge in [0.05, 0.1) is 22.3 Å². The molecule has 0 bridgehead atoms. The Balaban J connectivity index is 1.90. The Hall–Kier alpha value is -2.28. The van der Waals surface area contributed by atoms with Crippen molar-refractivity contribution >= 4 is 39.3 Å². The quantitative estimate of drug-likeness (QED) is 0.329. The second kappa shape index (κ2) is 9.08. The number of esters is 1. The monoisotopic (exact) mass is 476 g/mol. The molecule has 0 unspecified atom stereocenters. The first-order valence-corrected chi connectivity index (χ1v) is 9.94. The fourth-order valence-electron chi connectivity index (χ4n) is 2.87. The van der Waals surface area contributed by atoms with Crippen LogP contribution in [0.1, 0.15) is 29.8 Å². The molecule has 0 aliphatic rings. The maximum Gasteiger partial charge on any atom is 0.338 e. The third-order valence-corrected chi connectivity index (χ3v) is 4.87. The van der Waals surface area contributed by atoms with Crippen LogP contribution in [0.3, 0.4) is 0 Å². The normalized spacial score (nSPS) is 10.6. The van der Waals surface area contributed by atoms with Crippen molar-refractivity contribution in [3.05, 3.63) is 69.3 Å². The molecule has 5 heteroatoms. The lowest BCUT2D eigenvalue weighted by Gasteiger charge is -2.16. The van der Waals surface area contributed by atoms with Gasteiger partial charge in [0.15, 0.2) is 11.5 Å². The van der Waals surface area contributed by atoms with Crippen molar-refractivity contribution in [2.24, 2.45) is 0 Å². The van der Waals surface area contributed by atoms with E-state index in [1.807, 2.05) is 25.1 Å². The van der Waals surface area contributed by atoms with E-state index in [1.54, 1.807) is 19.1 Å². The molecular weight excluding hydrogens is 455 g/mol. The Morgan fingerprint density at radius 3 is 2.52 bits per heavy atom. The number of ether oxygens (including phenoxy) is 3. The van der Waals surface area contributed by atoms with Crippen LogP contribution in [0.25, 0.3) is 10.8 Å². The predicted octanol–water partition coefficient (Wildman–Crippen LogP) is 5.60. The van der Waals surface area contributed by atoms with Gasteiger partial charge in [-0.05, 0) is 64.9 Å². The zero-order valence-electron chi connectivity index (χ0n) is 15.3. The molecule has 0 atom stereocenters. The lowest BCUT2D eigenvalue weighted by atomic mass is 10.1. The Kier molecular flexibility index (Phi) is 6.55. The molecular formula is C22H21IO4. The molecule has 4 nitrogen and oxygen atoms in total. The first-order chi connectivity index (χ1) is 13.1. The molecule has 0 saturated heterocycles. The standard InChI is InChI=1S/C22H21IO4/c1-3-25-20-13-17(22(24)26-4-2)12-19(23)21(20)27-14-16-10-7-9-15-8-5-6-11-18(15)16/h5-13H,3-4,14H2,1-2H3. The molecule has 0 aliphatic heterocycles. The Morgan fingerprint density at radius 1 is 0.963 bits per heavy atom. The average molecular weight is 476 g/mol. The largest absolute Gasteiger partial charge is 0.490 e. The van der Waals surface area contributed by atoms with Gasteiger partial charge in [-0.25, -0.2) is 4.79 Å². The van der Waals surface area contributed by atoms with Crippen LogP contribution in [-0.2, 0) is 11.3 Å². The molecule has 0 amide bonds. The first-order valence-electron chi connectivity index (χ1n) is 8.87. The van der Waals surface area contributed by atoms with Gasteiger partial charge in [-0.3, -0.25) is 0 Å². The van der Waals surface area contributed by atoms with Gasteiger partial charge >= 0.3 is 5.97 Å². The molecule has 0 N–H and O–H groups in total. The van der Waals surface area contributed by atoms with Crippen molar-refractivity contribution in [1.82, 2.24) is 0 Å². The number of carbonyl (C=O) groups excluding carboxylic acids is 1. The van der Waals surface area contributed by atoms with Crippen LogP contribution in [0.2, 0.25) is 0 Å². The number of carbonyl (C=O) groups is 1. The van der Waals surface area contributed by atoms with Crippen molar-refractivity contribution < 1.29 is 19.0 Å². The van der Waals surface area contributed by atoms with Crippen LogP contribution >= 0.6 is 22.6 Å². The van der Waals surface area contributed by atoms with Gasteiger partial charge in [-0.2, -0.15) is 0 Å². The minimum Gasteiger partial charge on any atom is -0.490 e. The van der Waals surface area contributed by atoms with Gasteiger partial charge in [-0.15, -0.1) is 0 Å². The minimum atomic E-state index is -0.364. The highest BCUT2D eigenvalue weighted by Crippen LogP contribution is 2.35. The lowest BCUT2D eigenvalue weighted by molar-refractivity contribution is 0.0525. The van der Waals surface area contributed by atoms with E-state index in [0.717, 1.165) is 14.5 Å². The summed E-state index contributed by atoms with van der Waals surface area (Å²) in [5, 5.41) is 2.34. The number of hydrogen-bond donors (Lipinski definition) is 0. The van der Waals surface area contributed by atoms with Gasteiger partial charge in [-0.1, -0.05) is 42.5 Å². The Bertz CT molecular complexity index is 947. The zero-order chi connectivity index (χ0) is 19.2. The third kappa shape index (κ3) is 4.53.